The van der Waals surface area contributed by atoms with Gasteiger partial charge in [0, 0.05) is 30.7 Å². The second kappa shape index (κ2) is 10.9. The van der Waals surface area contributed by atoms with E-state index in [9.17, 15) is 8.42 Å². The molecule has 0 aromatic carbocycles. The summed E-state index contributed by atoms with van der Waals surface area (Å²) in [6.45, 7) is 3.25. The molecule has 1 aromatic heterocycles. The van der Waals surface area contributed by atoms with Crippen LogP contribution in [-0.4, -0.2) is 64.8 Å². The predicted molar refractivity (Wildman–Crippen MR) is 88.6 cm³/mol. The first kappa shape index (κ1) is 20.3. The summed E-state index contributed by atoms with van der Waals surface area (Å²) in [5.41, 5.74) is 14.5. The SMILES string of the molecule is [N-]=[N+]=NCCCN(CCCS(=O)(=O)O)Cc1cn(CCCN)nn1. The molecule has 0 spiro atoms. The number of hydrogen-bond acceptors (Lipinski definition) is 7. The molecule has 0 aliphatic rings. The molecule has 11 nitrogen and oxygen atoms in total. The highest BCUT2D eigenvalue weighted by atomic mass is 32.2. The zero-order valence-corrected chi connectivity index (χ0v) is 14.3. The van der Waals surface area contributed by atoms with Crippen LogP contribution in [0.2, 0.25) is 0 Å². The summed E-state index contributed by atoms with van der Waals surface area (Å²) in [5.74, 6) is -0.289. The van der Waals surface area contributed by atoms with Crippen molar-refractivity contribution in [1.82, 2.24) is 19.9 Å². The van der Waals surface area contributed by atoms with Gasteiger partial charge in [-0.2, -0.15) is 8.42 Å². The van der Waals surface area contributed by atoms with E-state index in [0.717, 1.165) is 12.1 Å². The number of hydrogen-bond donors (Lipinski definition) is 2. The Morgan fingerprint density at radius 1 is 1.38 bits per heavy atom. The zero-order valence-electron chi connectivity index (χ0n) is 13.5. The summed E-state index contributed by atoms with van der Waals surface area (Å²) in [4.78, 5) is 4.70. The lowest BCUT2D eigenvalue weighted by Gasteiger charge is -2.20. The van der Waals surface area contributed by atoms with Crippen molar-refractivity contribution >= 4 is 10.1 Å². The first-order valence-corrected chi connectivity index (χ1v) is 9.33. The summed E-state index contributed by atoms with van der Waals surface area (Å²) in [7, 11) is -3.97. The van der Waals surface area contributed by atoms with Crippen LogP contribution >= 0.6 is 0 Å². The molecule has 0 aliphatic heterocycles. The lowest BCUT2D eigenvalue weighted by atomic mass is 10.3. The van der Waals surface area contributed by atoms with Crippen molar-refractivity contribution in [1.29, 1.82) is 0 Å². The Morgan fingerprint density at radius 2 is 2.12 bits per heavy atom. The third-order valence-corrected chi connectivity index (χ3v) is 4.04. The highest BCUT2D eigenvalue weighted by molar-refractivity contribution is 7.85. The van der Waals surface area contributed by atoms with E-state index >= 15 is 0 Å². The predicted octanol–water partition coefficient (Wildman–Crippen LogP) is 0.407. The standard InChI is InChI=1S/C12H24N8O3S/c13-4-1-8-20-11-12(16-18-20)10-19(6-2-5-15-17-14)7-3-9-24(21,22)23/h11H,1-10,13H2,(H,21,22,23). The van der Waals surface area contributed by atoms with Gasteiger partial charge in [0.05, 0.1) is 11.4 Å². The average Bonchev–Trinajstić information content (AvgIpc) is 2.95. The van der Waals surface area contributed by atoms with Crippen molar-refractivity contribution in [3.63, 3.8) is 0 Å². The first-order valence-electron chi connectivity index (χ1n) is 7.72. The Kier molecular flexibility index (Phi) is 9.27. The molecule has 0 unspecified atom stereocenters. The Bertz CT molecular complexity index is 626. The maximum atomic E-state index is 10.8. The lowest BCUT2D eigenvalue weighted by Crippen LogP contribution is -2.27. The maximum absolute atomic E-state index is 10.8. The van der Waals surface area contributed by atoms with Gasteiger partial charge in [0.2, 0.25) is 0 Å². The number of aryl methyl sites for hydroxylation is 1. The van der Waals surface area contributed by atoms with Crippen molar-refractivity contribution in [2.75, 3.05) is 31.9 Å². The lowest BCUT2D eigenvalue weighted by molar-refractivity contribution is 0.260. The van der Waals surface area contributed by atoms with Crippen LogP contribution < -0.4 is 5.73 Å². The molecular weight excluding hydrogens is 336 g/mol. The van der Waals surface area contributed by atoms with Crippen LogP contribution in [0, 0.1) is 0 Å². The van der Waals surface area contributed by atoms with E-state index in [1.807, 2.05) is 11.1 Å². The van der Waals surface area contributed by atoms with E-state index in [-0.39, 0.29) is 5.75 Å². The van der Waals surface area contributed by atoms with Crippen molar-refractivity contribution in [2.24, 2.45) is 10.8 Å². The minimum atomic E-state index is -3.97. The number of nitrogens with zero attached hydrogens (tertiary/aromatic N) is 7. The van der Waals surface area contributed by atoms with Crippen molar-refractivity contribution in [3.05, 3.63) is 22.3 Å². The van der Waals surface area contributed by atoms with Crippen LogP contribution in [0.4, 0.5) is 0 Å². The summed E-state index contributed by atoms with van der Waals surface area (Å²) in [6.07, 6.45) is 3.60. The van der Waals surface area contributed by atoms with Crippen LogP contribution in [0.25, 0.3) is 10.4 Å². The molecule has 0 bridgehead atoms. The van der Waals surface area contributed by atoms with Gasteiger partial charge in [-0.15, -0.1) is 5.10 Å². The molecule has 0 radical (unpaired) electrons. The first-order chi connectivity index (χ1) is 11.4. The molecule has 12 heteroatoms. The van der Waals surface area contributed by atoms with Gasteiger partial charge in [0.25, 0.3) is 10.1 Å². The normalized spacial score (nSPS) is 11.6. The molecular formula is C12H24N8O3S. The Morgan fingerprint density at radius 3 is 2.79 bits per heavy atom. The van der Waals surface area contributed by atoms with Gasteiger partial charge in [-0.25, -0.2) is 0 Å². The van der Waals surface area contributed by atoms with Gasteiger partial charge in [0.15, 0.2) is 0 Å². The second-order valence-electron chi connectivity index (χ2n) is 5.34. The molecule has 0 aliphatic carbocycles. The molecule has 0 atom stereocenters. The van der Waals surface area contributed by atoms with Gasteiger partial charge in [0.1, 0.15) is 0 Å². The molecule has 0 saturated carbocycles. The molecule has 1 aromatic rings. The van der Waals surface area contributed by atoms with E-state index in [0.29, 0.717) is 52.1 Å². The van der Waals surface area contributed by atoms with Crippen LogP contribution in [0.3, 0.4) is 0 Å². The Balaban J connectivity index is 2.55. The van der Waals surface area contributed by atoms with Gasteiger partial charge in [-0.05, 0) is 44.4 Å². The molecule has 24 heavy (non-hydrogen) atoms. The monoisotopic (exact) mass is 360 g/mol. The van der Waals surface area contributed by atoms with Gasteiger partial charge in [-0.1, -0.05) is 10.3 Å². The van der Waals surface area contributed by atoms with E-state index < -0.39 is 10.1 Å². The molecule has 1 rings (SSSR count). The summed E-state index contributed by atoms with van der Waals surface area (Å²) in [6, 6.07) is 0. The van der Waals surface area contributed by atoms with Crippen LogP contribution in [0.15, 0.2) is 11.3 Å². The molecule has 3 N–H and O–H groups in total. The van der Waals surface area contributed by atoms with Gasteiger partial charge < -0.3 is 5.73 Å². The van der Waals surface area contributed by atoms with Crippen molar-refractivity contribution in [3.8, 4) is 0 Å². The number of aromatic nitrogens is 3. The van der Waals surface area contributed by atoms with E-state index in [1.165, 1.54) is 0 Å². The van der Waals surface area contributed by atoms with Crippen molar-refractivity contribution in [2.45, 2.75) is 32.4 Å². The topological polar surface area (TPSA) is 163 Å². The average molecular weight is 360 g/mol. The Labute approximate surface area is 141 Å². The molecule has 136 valence electrons. The number of azide groups is 1. The molecule has 1 heterocycles. The number of rotatable bonds is 13. The van der Waals surface area contributed by atoms with E-state index in [4.69, 9.17) is 15.8 Å². The summed E-state index contributed by atoms with van der Waals surface area (Å²) >= 11 is 0. The van der Waals surface area contributed by atoms with Gasteiger partial charge in [-0.3, -0.25) is 14.1 Å². The minimum Gasteiger partial charge on any atom is -0.330 e. The summed E-state index contributed by atoms with van der Waals surface area (Å²) < 4.78 is 32.2. The van der Waals surface area contributed by atoms with Crippen LogP contribution in [0.5, 0.6) is 0 Å². The highest BCUT2D eigenvalue weighted by Gasteiger charge is 2.11. The molecule has 0 amide bonds. The van der Waals surface area contributed by atoms with E-state index in [2.05, 4.69) is 20.3 Å². The fraction of sp³-hybridized carbons (Fsp3) is 0.833. The quantitative estimate of drug-likeness (QED) is 0.169. The second-order valence-corrected chi connectivity index (χ2v) is 6.91. The van der Waals surface area contributed by atoms with Crippen molar-refractivity contribution < 1.29 is 13.0 Å². The van der Waals surface area contributed by atoms with Gasteiger partial charge >= 0.3 is 0 Å². The third kappa shape index (κ3) is 9.43. The van der Waals surface area contributed by atoms with Crippen LogP contribution in [-0.2, 0) is 23.2 Å². The van der Waals surface area contributed by atoms with Crippen LogP contribution in [0.1, 0.15) is 25.0 Å². The fourth-order valence-corrected chi connectivity index (χ4v) is 2.65. The minimum absolute atomic E-state index is 0.289. The molecule has 0 fully saturated rings. The summed E-state index contributed by atoms with van der Waals surface area (Å²) in [5, 5.41) is 11.6. The maximum Gasteiger partial charge on any atom is 0.264 e. The zero-order chi connectivity index (χ0) is 17.8. The largest absolute Gasteiger partial charge is 0.330 e. The van der Waals surface area contributed by atoms with E-state index in [1.54, 1.807) is 4.68 Å². The smallest absolute Gasteiger partial charge is 0.264 e. The fourth-order valence-electron chi connectivity index (χ4n) is 2.15. The highest BCUT2D eigenvalue weighted by Crippen LogP contribution is 2.05. The third-order valence-electron chi connectivity index (χ3n) is 3.24. The number of nitrogens with two attached hydrogens (primary N) is 1. The Hall–Kier alpha value is -1.72. The molecule has 0 saturated heterocycles.